The van der Waals surface area contributed by atoms with Gasteiger partial charge in [0.25, 0.3) is 0 Å². The Morgan fingerprint density at radius 2 is 2.06 bits per heavy atom. The van der Waals surface area contributed by atoms with Crippen LogP contribution in [0.3, 0.4) is 0 Å². The molecule has 3 heteroatoms. The molecule has 0 bridgehead atoms. The zero-order valence-corrected chi connectivity index (χ0v) is 9.99. The van der Waals surface area contributed by atoms with Crippen molar-refractivity contribution < 1.29 is 4.74 Å². The van der Waals surface area contributed by atoms with Crippen molar-refractivity contribution in [2.24, 2.45) is 0 Å². The van der Waals surface area contributed by atoms with Crippen LogP contribution in [0.4, 0.5) is 0 Å². The quantitative estimate of drug-likeness (QED) is 0.879. The van der Waals surface area contributed by atoms with Crippen LogP contribution >= 0.6 is 0 Å². The van der Waals surface area contributed by atoms with Crippen LogP contribution in [-0.2, 0) is 0 Å². The van der Waals surface area contributed by atoms with Gasteiger partial charge >= 0.3 is 0 Å². The van der Waals surface area contributed by atoms with Gasteiger partial charge < -0.3 is 9.72 Å². The maximum absolute atomic E-state index is 11.3. The van der Waals surface area contributed by atoms with Crippen LogP contribution in [0.15, 0.2) is 41.3 Å². The molecule has 1 aromatic heterocycles. The number of aromatic amines is 1. The number of nitrogens with one attached hydrogen (secondary N) is 1. The van der Waals surface area contributed by atoms with Crippen LogP contribution in [-0.4, -0.2) is 11.6 Å². The van der Waals surface area contributed by atoms with Gasteiger partial charge in [0.15, 0.2) is 5.43 Å². The van der Waals surface area contributed by atoms with Gasteiger partial charge in [-0.2, -0.15) is 0 Å². The van der Waals surface area contributed by atoms with Crippen molar-refractivity contribution in [1.82, 2.24) is 4.98 Å². The molecule has 2 rings (SSSR count). The summed E-state index contributed by atoms with van der Waals surface area (Å²) in [4.78, 5) is 14.4. The van der Waals surface area contributed by atoms with E-state index in [-0.39, 0.29) is 5.43 Å². The lowest BCUT2D eigenvalue weighted by Gasteiger charge is -2.08. The predicted octanol–water partition coefficient (Wildman–Crippen LogP) is 2.75. The molecule has 0 aliphatic carbocycles. The van der Waals surface area contributed by atoms with E-state index in [0.717, 1.165) is 22.6 Å². The van der Waals surface area contributed by atoms with Crippen molar-refractivity contribution in [2.45, 2.75) is 13.8 Å². The molecule has 2 aromatic rings. The number of ether oxygens (including phenoxy) is 1. The van der Waals surface area contributed by atoms with Crippen LogP contribution in [0, 0.1) is 6.92 Å². The maximum atomic E-state index is 11.3. The Morgan fingerprint density at radius 3 is 2.71 bits per heavy atom. The summed E-state index contributed by atoms with van der Waals surface area (Å²) >= 11 is 0. The molecule has 1 heterocycles. The molecule has 0 saturated carbocycles. The van der Waals surface area contributed by atoms with Crippen LogP contribution in [0.2, 0.25) is 0 Å². The number of rotatable bonds is 3. The van der Waals surface area contributed by atoms with Gasteiger partial charge in [-0.25, -0.2) is 0 Å². The molecule has 0 saturated heterocycles. The van der Waals surface area contributed by atoms with Gasteiger partial charge in [-0.15, -0.1) is 0 Å². The highest BCUT2D eigenvalue weighted by Crippen LogP contribution is 2.24. The minimum Gasteiger partial charge on any atom is -0.494 e. The van der Waals surface area contributed by atoms with Crippen molar-refractivity contribution in [2.75, 3.05) is 6.61 Å². The number of hydrogen-bond acceptors (Lipinski definition) is 2. The standard InChI is InChI=1S/C14H15NO2/c1-3-17-12-4-5-13(10(2)8-12)14-9-11(16)6-7-15-14/h4-9H,3H2,1-2H3,(H,15,16). The Morgan fingerprint density at radius 1 is 1.24 bits per heavy atom. The second-order valence-corrected chi connectivity index (χ2v) is 3.85. The van der Waals surface area contributed by atoms with E-state index in [1.807, 2.05) is 32.0 Å². The van der Waals surface area contributed by atoms with E-state index in [4.69, 9.17) is 4.74 Å². The summed E-state index contributed by atoms with van der Waals surface area (Å²) in [5.74, 6) is 0.854. The van der Waals surface area contributed by atoms with E-state index in [1.54, 1.807) is 12.3 Å². The highest BCUT2D eigenvalue weighted by Gasteiger charge is 2.04. The minimum absolute atomic E-state index is 0.00651. The Bertz CT molecular complexity index is 572. The first-order chi connectivity index (χ1) is 8.20. The molecule has 0 aliphatic rings. The molecule has 88 valence electrons. The number of aromatic nitrogens is 1. The van der Waals surface area contributed by atoms with Gasteiger partial charge in [0.1, 0.15) is 5.75 Å². The summed E-state index contributed by atoms with van der Waals surface area (Å²) in [6.45, 7) is 4.61. The lowest BCUT2D eigenvalue weighted by molar-refractivity contribution is 0.340. The third-order valence-corrected chi connectivity index (χ3v) is 2.57. The van der Waals surface area contributed by atoms with Gasteiger partial charge in [-0.05, 0) is 37.6 Å². The van der Waals surface area contributed by atoms with Crippen molar-refractivity contribution in [3.63, 3.8) is 0 Å². The fourth-order valence-corrected chi connectivity index (χ4v) is 1.80. The lowest BCUT2D eigenvalue weighted by Crippen LogP contribution is -1.99. The molecule has 0 amide bonds. The fourth-order valence-electron chi connectivity index (χ4n) is 1.80. The smallest absolute Gasteiger partial charge is 0.182 e. The average Bonchev–Trinajstić information content (AvgIpc) is 2.29. The van der Waals surface area contributed by atoms with Crippen molar-refractivity contribution >= 4 is 0 Å². The number of H-pyrrole nitrogens is 1. The summed E-state index contributed by atoms with van der Waals surface area (Å²) in [7, 11) is 0. The van der Waals surface area contributed by atoms with Gasteiger partial charge in [0.05, 0.1) is 6.61 Å². The zero-order chi connectivity index (χ0) is 12.3. The highest BCUT2D eigenvalue weighted by atomic mass is 16.5. The topological polar surface area (TPSA) is 42.1 Å². The van der Waals surface area contributed by atoms with Crippen LogP contribution in [0.25, 0.3) is 11.3 Å². The van der Waals surface area contributed by atoms with Crippen molar-refractivity contribution in [3.8, 4) is 17.0 Å². The number of pyridine rings is 1. The summed E-state index contributed by atoms with van der Waals surface area (Å²) in [6, 6.07) is 8.96. The molecule has 1 aromatic carbocycles. The SMILES string of the molecule is CCOc1ccc(-c2cc(=O)cc[nH]2)c(C)c1. The third kappa shape index (κ3) is 2.56. The van der Waals surface area contributed by atoms with E-state index >= 15 is 0 Å². The Balaban J connectivity index is 2.43. The Kier molecular flexibility index (Phi) is 3.28. The molecule has 0 aliphatic heterocycles. The van der Waals surface area contributed by atoms with E-state index < -0.39 is 0 Å². The van der Waals surface area contributed by atoms with Crippen LogP contribution < -0.4 is 10.2 Å². The van der Waals surface area contributed by atoms with E-state index in [1.165, 1.54) is 6.07 Å². The lowest BCUT2D eigenvalue weighted by atomic mass is 10.0. The maximum Gasteiger partial charge on any atom is 0.182 e. The third-order valence-electron chi connectivity index (χ3n) is 2.57. The molecule has 0 atom stereocenters. The molecular weight excluding hydrogens is 214 g/mol. The normalized spacial score (nSPS) is 10.2. The first-order valence-electron chi connectivity index (χ1n) is 5.63. The van der Waals surface area contributed by atoms with Crippen molar-refractivity contribution in [1.29, 1.82) is 0 Å². The van der Waals surface area contributed by atoms with E-state index in [2.05, 4.69) is 4.98 Å². The summed E-state index contributed by atoms with van der Waals surface area (Å²) in [5.41, 5.74) is 2.94. The summed E-state index contributed by atoms with van der Waals surface area (Å²) in [6.07, 6.45) is 1.66. The monoisotopic (exact) mass is 229 g/mol. The largest absolute Gasteiger partial charge is 0.494 e. The van der Waals surface area contributed by atoms with Crippen molar-refractivity contribution in [3.05, 3.63) is 52.3 Å². The molecule has 0 unspecified atom stereocenters. The first kappa shape index (κ1) is 11.5. The van der Waals surface area contributed by atoms with Gasteiger partial charge in [0.2, 0.25) is 0 Å². The summed E-state index contributed by atoms with van der Waals surface area (Å²) in [5, 5.41) is 0. The van der Waals surface area contributed by atoms with E-state index in [0.29, 0.717) is 6.61 Å². The fraction of sp³-hybridized carbons (Fsp3) is 0.214. The first-order valence-corrected chi connectivity index (χ1v) is 5.63. The van der Waals surface area contributed by atoms with Crippen LogP contribution in [0.1, 0.15) is 12.5 Å². The number of benzene rings is 1. The van der Waals surface area contributed by atoms with Gasteiger partial charge in [-0.3, -0.25) is 4.79 Å². The molecular formula is C14H15NO2. The highest BCUT2D eigenvalue weighted by molar-refractivity contribution is 5.64. The predicted molar refractivity (Wildman–Crippen MR) is 68.4 cm³/mol. The molecule has 3 nitrogen and oxygen atoms in total. The van der Waals surface area contributed by atoms with E-state index in [9.17, 15) is 4.79 Å². The molecule has 0 fully saturated rings. The molecule has 1 N–H and O–H groups in total. The second kappa shape index (κ2) is 4.87. The van der Waals surface area contributed by atoms with Gasteiger partial charge in [0, 0.05) is 29.6 Å². The van der Waals surface area contributed by atoms with Crippen LogP contribution in [0.5, 0.6) is 5.75 Å². The molecule has 17 heavy (non-hydrogen) atoms. The zero-order valence-electron chi connectivity index (χ0n) is 9.99. The Labute approximate surface area is 100 Å². The molecule has 0 spiro atoms. The minimum atomic E-state index is 0.00651. The number of aryl methyl sites for hydroxylation is 1. The van der Waals surface area contributed by atoms with Gasteiger partial charge in [-0.1, -0.05) is 0 Å². The Hall–Kier alpha value is -2.03. The summed E-state index contributed by atoms with van der Waals surface area (Å²) < 4.78 is 5.43. The molecule has 0 radical (unpaired) electrons. The average molecular weight is 229 g/mol. The number of hydrogen-bond donors (Lipinski definition) is 1. The second-order valence-electron chi connectivity index (χ2n) is 3.85.